The minimum atomic E-state index is 0.0987. The summed E-state index contributed by atoms with van der Waals surface area (Å²) in [4.78, 5) is 0. The van der Waals surface area contributed by atoms with E-state index in [0.717, 1.165) is 41.9 Å². The predicted octanol–water partition coefficient (Wildman–Crippen LogP) is 5.34. The van der Waals surface area contributed by atoms with E-state index in [2.05, 4.69) is 32.9 Å². The zero-order chi connectivity index (χ0) is 18.1. The lowest BCUT2D eigenvalue weighted by Gasteiger charge is -2.26. The van der Waals surface area contributed by atoms with E-state index in [9.17, 15) is 0 Å². The third-order valence-electron chi connectivity index (χ3n) is 6.53. The van der Waals surface area contributed by atoms with Crippen LogP contribution in [0.15, 0.2) is 24.3 Å². The van der Waals surface area contributed by atoms with Crippen molar-refractivity contribution in [1.82, 2.24) is 0 Å². The normalized spacial score (nSPS) is 30.7. The molecule has 2 aliphatic rings. The molecule has 0 N–H and O–H groups in total. The van der Waals surface area contributed by atoms with Crippen LogP contribution in [0.4, 0.5) is 0 Å². The summed E-state index contributed by atoms with van der Waals surface area (Å²) in [5, 5.41) is 0. The van der Waals surface area contributed by atoms with Gasteiger partial charge in [0.15, 0.2) is 11.5 Å². The van der Waals surface area contributed by atoms with Gasteiger partial charge in [0.2, 0.25) is 0 Å². The Balaban J connectivity index is 1.48. The zero-order valence-corrected chi connectivity index (χ0v) is 16.3. The van der Waals surface area contributed by atoms with Crippen LogP contribution in [0.5, 0.6) is 11.5 Å². The first-order chi connectivity index (χ1) is 11.9. The second-order valence-electron chi connectivity index (χ2n) is 8.11. The second-order valence-corrected chi connectivity index (χ2v) is 8.11. The number of rotatable bonds is 8. The topological polar surface area (TPSA) is 27.7 Å². The van der Waals surface area contributed by atoms with E-state index >= 15 is 0 Å². The lowest BCUT2D eigenvalue weighted by atomic mass is 9.90. The van der Waals surface area contributed by atoms with E-state index in [1.165, 1.54) is 19.3 Å². The number of benzene rings is 1. The van der Waals surface area contributed by atoms with Crippen LogP contribution < -0.4 is 9.47 Å². The molecular weight excluding hydrogens is 312 g/mol. The van der Waals surface area contributed by atoms with Crippen LogP contribution in [0, 0.1) is 17.3 Å². The van der Waals surface area contributed by atoms with E-state index in [0.29, 0.717) is 5.41 Å². The quantitative estimate of drug-likeness (QED) is 0.596. The van der Waals surface area contributed by atoms with Gasteiger partial charge in [-0.05, 0) is 67.6 Å². The van der Waals surface area contributed by atoms with E-state index in [1.54, 1.807) is 14.2 Å². The van der Waals surface area contributed by atoms with Gasteiger partial charge in [-0.1, -0.05) is 32.1 Å². The fraction of sp³-hybridized carbons (Fsp3) is 0.636. The largest absolute Gasteiger partial charge is 0.493 e. The maximum atomic E-state index is 6.34. The van der Waals surface area contributed by atoms with Crippen LogP contribution in [0.1, 0.15) is 52.0 Å². The third-order valence-corrected chi connectivity index (χ3v) is 6.53. The van der Waals surface area contributed by atoms with Crippen LogP contribution >= 0.6 is 0 Å². The van der Waals surface area contributed by atoms with Crippen LogP contribution in [0.2, 0.25) is 0 Å². The van der Waals surface area contributed by atoms with E-state index in [4.69, 9.17) is 14.2 Å². The van der Waals surface area contributed by atoms with Gasteiger partial charge in [0.1, 0.15) is 0 Å². The molecule has 0 saturated heterocycles. The zero-order valence-electron chi connectivity index (χ0n) is 16.3. The summed E-state index contributed by atoms with van der Waals surface area (Å²) in [6.07, 6.45) is 9.16. The molecule has 25 heavy (non-hydrogen) atoms. The highest BCUT2D eigenvalue weighted by atomic mass is 16.5. The summed E-state index contributed by atoms with van der Waals surface area (Å²) in [5.74, 6) is 3.08. The van der Waals surface area contributed by atoms with Crippen molar-refractivity contribution in [1.29, 1.82) is 0 Å². The molecular formula is C22H32O3. The first-order valence-electron chi connectivity index (χ1n) is 9.48. The molecule has 138 valence electrons. The van der Waals surface area contributed by atoms with Crippen molar-refractivity contribution < 1.29 is 14.2 Å². The van der Waals surface area contributed by atoms with Crippen LogP contribution in [-0.2, 0) is 4.74 Å². The third kappa shape index (κ3) is 3.44. The molecule has 0 radical (unpaired) electrons. The molecule has 0 heterocycles. The second kappa shape index (κ2) is 7.03. The smallest absolute Gasteiger partial charge is 0.161 e. The van der Waals surface area contributed by atoms with Gasteiger partial charge in [-0.2, -0.15) is 0 Å². The summed E-state index contributed by atoms with van der Waals surface area (Å²) in [6.45, 7) is 7.87. The predicted molar refractivity (Wildman–Crippen MR) is 102 cm³/mol. The Labute approximate surface area is 152 Å². The number of methoxy groups -OCH3 is 2. The van der Waals surface area contributed by atoms with Gasteiger partial charge < -0.3 is 14.2 Å². The number of fused-ring (bicyclic) bond motifs is 1. The molecule has 3 rings (SSSR count). The lowest BCUT2D eigenvalue weighted by Crippen LogP contribution is -2.29. The van der Waals surface area contributed by atoms with Gasteiger partial charge in [0.25, 0.3) is 0 Å². The minimum Gasteiger partial charge on any atom is -0.493 e. The summed E-state index contributed by atoms with van der Waals surface area (Å²) in [7, 11) is 3.32. The first-order valence-corrected chi connectivity index (χ1v) is 9.48. The summed E-state index contributed by atoms with van der Waals surface area (Å²) in [6, 6.07) is 5.97. The highest BCUT2D eigenvalue weighted by Crippen LogP contribution is 2.71. The van der Waals surface area contributed by atoms with Crippen molar-refractivity contribution in [2.75, 3.05) is 20.8 Å². The minimum absolute atomic E-state index is 0.0987. The number of hydrogen-bond donors (Lipinski definition) is 0. The molecule has 0 aromatic heterocycles. The molecule has 2 fully saturated rings. The van der Waals surface area contributed by atoms with Crippen molar-refractivity contribution in [3.8, 4) is 11.5 Å². The molecule has 3 heteroatoms. The average Bonchev–Trinajstić information content (AvgIpc) is 3.30. The SMILES string of the molecule is COc1ccc(/C=C/CCO[C@@]2(C)CC[C@@]3(C(C)C)C[C@H]32)cc1OC. The summed E-state index contributed by atoms with van der Waals surface area (Å²) in [5.41, 5.74) is 1.80. The Hall–Kier alpha value is -1.48. The van der Waals surface area contributed by atoms with E-state index < -0.39 is 0 Å². The van der Waals surface area contributed by atoms with Gasteiger partial charge in [-0.3, -0.25) is 0 Å². The maximum absolute atomic E-state index is 6.34. The van der Waals surface area contributed by atoms with Crippen LogP contribution in [0.3, 0.4) is 0 Å². The van der Waals surface area contributed by atoms with Crippen molar-refractivity contribution in [2.24, 2.45) is 17.3 Å². The summed E-state index contributed by atoms with van der Waals surface area (Å²) < 4.78 is 17.0. The molecule has 0 unspecified atom stereocenters. The molecule has 0 spiro atoms. The number of hydrogen-bond acceptors (Lipinski definition) is 3. The van der Waals surface area contributed by atoms with Gasteiger partial charge >= 0.3 is 0 Å². The fourth-order valence-corrected chi connectivity index (χ4v) is 4.71. The Morgan fingerprint density at radius 3 is 2.52 bits per heavy atom. The molecule has 0 amide bonds. The van der Waals surface area contributed by atoms with Crippen LogP contribution in [0.25, 0.3) is 6.08 Å². The lowest BCUT2D eigenvalue weighted by molar-refractivity contribution is -0.0418. The molecule has 1 aromatic carbocycles. The van der Waals surface area contributed by atoms with Gasteiger partial charge in [0, 0.05) is 0 Å². The first kappa shape index (κ1) is 18.3. The monoisotopic (exact) mass is 344 g/mol. The van der Waals surface area contributed by atoms with Gasteiger partial charge in [0.05, 0.1) is 26.4 Å². The maximum Gasteiger partial charge on any atom is 0.161 e. The Bertz CT molecular complexity index is 636. The van der Waals surface area contributed by atoms with Crippen molar-refractivity contribution >= 4 is 6.08 Å². The molecule has 2 saturated carbocycles. The Kier molecular flexibility index (Phi) is 5.15. The van der Waals surface area contributed by atoms with E-state index in [-0.39, 0.29) is 5.60 Å². The van der Waals surface area contributed by atoms with Crippen LogP contribution in [-0.4, -0.2) is 26.4 Å². The molecule has 2 aliphatic carbocycles. The molecule has 0 aliphatic heterocycles. The van der Waals surface area contributed by atoms with Crippen molar-refractivity contribution in [3.63, 3.8) is 0 Å². The van der Waals surface area contributed by atoms with Gasteiger partial charge in [-0.15, -0.1) is 0 Å². The highest BCUT2D eigenvalue weighted by molar-refractivity contribution is 5.55. The molecule has 1 aromatic rings. The fourth-order valence-electron chi connectivity index (χ4n) is 4.71. The average molecular weight is 344 g/mol. The van der Waals surface area contributed by atoms with Crippen molar-refractivity contribution in [3.05, 3.63) is 29.8 Å². The standard InChI is InChI=1S/C22H32O3/c1-16(2)22-12-11-21(3,20(22)15-22)25-13-7-6-8-17-9-10-18(23-4)19(14-17)24-5/h6,8-10,14,16,20H,7,11-13,15H2,1-5H3/b8-6+/t20-,21-,22-/m0/s1. The molecule has 3 nitrogen and oxygen atoms in total. The Morgan fingerprint density at radius 1 is 1.16 bits per heavy atom. The molecule has 3 atom stereocenters. The summed E-state index contributed by atoms with van der Waals surface area (Å²) >= 11 is 0. The molecule has 0 bridgehead atoms. The highest BCUT2D eigenvalue weighted by Gasteiger charge is 2.68. The Morgan fingerprint density at radius 2 is 1.92 bits per heavy atom. The van der Waals surface area contributed by atoms with Gasteiger partial charge in [-0.25, -0.2) is 0 Å². The van der Waals surface area contributed by atoms with Crippen molar-refractivity contribution in [2.45, 2.75) is 52.1 Å². The number of ether oxygens (including phenoxy) is 3. The van der Waals surface area contributed by atoms with E-state index in [1.807, 2.05) is 18.2 Å².